The van der Waals surface area contributed by atoms with Gasteiger partial charge in [0.25, 0.3) is 0 Å². The molecule has 0 aliphatic heterocycles. The van der Waals surface area contributed by atoms with E-state index in [4.69, 9.17) is 4.74 Å². The number of ether oxygens (including phenoxy) is 1. The zero-order valence-electron chi connectivity index (χ0n) is 11.7. The minimum absolute atomic E-state index is 0.612. The van der Waals surface area contributed by atoms with Crippen LogP contribution in [0.3, 0.4) is 0 Å². The summed E-state index contributed by atoms with van der Waals surface area (Å²) in [7, 11) is 1.98. The SMILES string of the molecule is CNCc1sc2ccccc2c1COc1cccc(I)c1. The van der Waals surface area contributed by atoms with Crippen LogP contribution in [-0.4, -0.2) is 7.05 Å². The van der Waals surface area contributed by atoms with Crippen molar-refractivity contribution >= 4 is 44.0 Å². The van der Waals surface area contributed by atoms with Crippen LogP contribution in [0.25, 0.3) is 10.1 Å². The summed E-state index contributed by atoms with van der Waals surface area (Å²) < 4.78 is 8.51. The van der Waals surface area contributed by atoms with E-state index >= 15 is 0 Å². The van der Waals surface area contributed by atoms with E-state index in [1.807, 2.05) is 30.5 Å². The number of nitrogens with one attached hydrogen (secondary N) is 1. The molecule has 3 rings (SSSR count). The molecule has 3 aromatic rings. The molecule has 0 fully saturated rings. The van der Waals surface area contributed by atoms with Gasteiger partial charge in [0.1, 0.15) is 12.4 Å². The van der Waals surface area contributed by atoms with Crippen molar-refractivity contribution < 1.29 is 4.74 Å². The molecule has 21 heavy (non-hydrogen) atoms. The highest BCUT2D eigenvalue weighted by Gasteiger charge is 2.12. The third-order valence-corrected chi connectivity index (χ3v) is 5.18. The third-order valence-electron chi connectivity index (χ3n) is 3.30. The molecule has 0 saturated carbocycles. The number of hydrogen-bond acceptors (Lipinski definition) is 3. The molecular formula is C17H16INOS. The van der Waals surface area contributed by atoms with Gasteiger partial charge in [-0.15, -0.1) is 11.3 Å². The highest BCUT2D eigenvalue weighted by atomic mass is 127. The smallest absolute Gasteiger partial charge is 0.120 e. The predicted molar refractivity (Wildman–Crippen MR) is 98.1 cm³/mol. The molecule has 0 aliphatic rings. The Hall–Kier alpha value is -1.11. The van der Waals surface area contributed by atoms with Crippen LogP contribution in [0.2, 0.25) is 0 Å². The summed E-state index contributed by atoms with van der Waals surface area (Å²) in [6.45, 7) is 1.49. The van der Waals surface area contributed by atoms with Gasteiger partial charge in [0.05, 0.1) is 0 Å². The van der Waals surface area contributed by atoms with Crippen molar-refractivity contribution in [3.05, 3.63) is 62.5 Å². The number of rotatable bonds is 5. The summed E-state index contributed by atoms with van der Waals surface area (Å²) in [6, 6.07) is 16.7. The van der Waals surface area contributed by atoms with Crippen LogP contribution in [0.1, 0.15) is 10.4 Å². The average Bonchev–Trinajstić information content (AvgIpc) is 2.83. The second-order valence-corrected chi connectivity index (χ2v) is 7.16. The van der Waals surface area contributed by atoms with Gasteiger partial charge in [-0.2, -0.15) is 0 Å². The van der Waals surface area contributed by atoms with Crippen molar-refractivity contribution in [3.8, 4) is 5.75 Å². The van der Waals surface area contributed by atoms with Crippen molar-refractivity contribution in [2.75, 3.05) is 7.05 Å². The second-order valence-electron chi connectivity index (χ2n) is 4.78. The zero-order valence-corrected chi connectivity index (χ0v) is 14.7. The van der Waals surface area contributed by atoms with E-state index in [-0.39, 0.29) is 0 Å². The molecule has 0 amide bonds. The lowest BCUT2D eigenvalue weighted by molar-refractivity contribution is 0.306. The fourth-order valence-electron chi connectivity index (χ4n) is 2.32. The number of halogens is 1. The molecule has 4 heteroatoms. The molecule has 108 valence electrons. The van der Waals surface area contributed by atoms with Crippen LogP contribution in [0, 0.1) is 3.57 Å². The van der Waals surface area contributed by atoms with E-state index in [2.05, 4.69) is 64.3 Å². The van der Waals surface area contributed by atoms with E-state index in [9.17, 15) is 0 Å². The molecule has 0 spiro atoms. The van der Waals surface area contributed by atoms with E-state index in [1.165, 1.54) is 24.1 Å². The lowest BCUT2D eigenvalue weighted by atomic mass is 10.1. The van der Waals surface area contributed by atoms with Gasteiger partial charge >= 0.3 is 0 Å². The maximum Gasteiger partial charge on any atom is 0.120 e. The van der Waals surface area contributed by atoms with Crippen LogP contribution in [-0.2, 0) is 13.2 Å². The Morgan fingerprint density at radius 2 is 2.00 bits per heavy atom. The quantitative estimate of drug-likeness (QED) is 0.611. The van der Waals surface area contributed by atoms with Gasteiger partial charge in [-0.25, -0.2) is 0 Å². The highest BCUT2D eigenvalue weighted by molar-refractivity contribution is 14.1. The Balaban J connectivity index is 1.89. The van der Waals surface area contributed by atoms with E-state index in [0.717, 1.165) is 12.3 Å². The monoisotopic (exact) mass is 409 g/mol. The molecule has 0 saturated heterocycles. The molecule has 0 atom stereocenters. The molecule has 1 heterocycles. The Morgan fingerprint density at radius 1 is 1.14 bits per heavy atom. The minimum atomic E-state index is 0.612. The molecular weight excluding hydrogens is 393 g/mol. The van der Waals surface area contributed by atoms with Crippen molar-refractivity contribution in [1.29, 1.82) is 0 Å². The normalized spacial score (nSPS) is 11.0. The van der Waals surface area contributed by atoms with Crippen molar-refractivity contribution in [2.45, 2.75) is 13.2 Å². The Kier molecular flexibility index (Phi) is 4.77. The lowest BCUT2D eigenvalue weighted by Crippen LogP contribution is -2.06. The molecule has 0 aliphatic carbocycles. The van der Waals surface area contributed by atoms with Crippen LogP contribution in [0.4, 0.5) is 0 Å². The summed E-state index contributed by atoms with van der Waals surface area (Å²) in [6.07, 6.45) is 0. The molecule has 0 radical (unpaired) electrons. The number of benzene rings is 2. The van der Waals surface area contributed by atoms with E-state index in [1.54, 1.807) is 0 Å². The average molecular weight is 409 g/mol. The van der Waals surface area contributed by atoms with E-state index in [0.29, 0.717) is 6.61 Å². The first-order chi connectivity index (χ1) is 10.3. The van der Waals surface area contributed by atoms with Crippen LogP contribution < -0.4 is 10.1 Å². The first-order valence-corrected chi connectivity index (χ1v) is 8.69. The lowest BCUT2D eigenvalue weighted by Gasteiger charge is -2.08. The minimum Gasteiger partial charge on any atom is -0.489 e. The molecule has 0 unspecified atom stereocenters. The van der Waals surface area contributed by atoms with Crippen LogP contribution >= 0.6 is 33.9 Å². The standard InChI is InChI=1S/C17H16INOS/c1-19-10-17-15(14-7-2-3-8-16(14)21-17)11-20-13-6-4-5-12(18)9-13/h2-9,19H,10-11H2,1H3. The summed E-state index contributed by atoms with van der Waals surface area (Å²) in [5.41, 5.74) is 1.30. The van der Waals surface area contributed by atoms with Crippen molar-refractivity contribution in [1.82, 2.24) is 5.32 Å². The van der Waals surface area contributed by atoms with Gasteiger partial charge in [-0.3, -0.25) is 0 Å². The number of fused-ring (bicyclic) bond motifs is 1. The Morgan fingerprint density at radius 3 is 2.81 bits per heavy atom. The molecule has 2 aromatic carbocycles. The molecule has 1 N–H and O–H groups in total. The Labute approximate surface area is 142 Å². The van der Waals surface area contributed by atoms with Gasteiger partial charge in [0.15, 0.2) is 0 Å². The summed E-state index contributed by atoms with van der Waals surface area (Å²) in [5.74, 6) is 0.924. The van der Waals surface area contributed by atoms with Gasteiger partial charge < -0.3 is 10.1 Å². The first-order valence-electron chi connectivity index (χ1n) is 6.80. The summed E-state index contributed by atoms with van der Waals surface area (Å²) >= 11 is 4.15. The van der Waals surface area contributed by atoms with Crippen LogP contribution in [0.5, 0.6) is 5.75 Å². The molecule has 0 bridgehead atoms. The topological polar surface area (TPSA) is 21.3 Å². The first kappa shape index (κ1) is 14.8. The van der Waals surface area contributed by atoms with Gasteiger partial charge in [-0.05, 0) is 59.3 Å². The van der Waals surface area contributed by atoms with E-state index < -0.39 is 0 Å². The summed E-state index contributed by atoms with van der Waals surface area (Å²) in [4.78, 5) is 1.35. The number of hydrogen-bond donors (Lipinski definition) is 1. The molecule has 2 nitrogen and oxygen atoms in total. The van der Waals surface area contributed by atoms with Crippen LogP contribution in [0.15, 0.2) is 48.5 Å². The van der Waals surface area contributed by atoms with Gasteiger partial charge in [0.2, 0.25) is 0 Å². The molecule has 1 aromatic heterocycles. The highest BCUT2D eigenvalue weighted by Crippen LogP contribution is 2.32. The number of thiophene rings is 1. The van der Waals surface area contributed by atoms with Crippen molar-refractivity contribution in [3.63, 3.8) is 0 Å². The predicted octanol–water partition coefficient (Wildman–Crippen LogP) is 4.80. The summed E-state index contributed by atoms with van der Waals surface area (Å²) in [5, 5.41) is 4.55. The fourth-order valence-corrected chi connectivity index (χ4v) is 4.06. The maximum atomic E-state index is 6.00. The largest absolute Gasteiger partial charge is 0.489 e. The van der Waals surface area contributed by atoms with Crippen molar-refractivity contribution in [2.24, 2.45) is 0 Å². The third kappa shape index (κ3) is 3.39. The Bertz CT molecular complexity index is 753. The van der Waals surface area contributed by atoms with Gasteiger partial charge in [0, 0.05) is 25.3 Å². The maximum absolute atomic E-state index is 6.00. The second kappa shape index (κ2) is 6.77. The van der Waals surface area contributed by atoms with Gasteiger partial charge in [-0.1, -0.05) is 24.3 Å². The fraction of sp³-hybridized carbons (Fsp3) is 0.176. The zero-order chi connectivity index (χ0) is 14.7.